The molecule has 8 heteroatoms. The zero-order valence-corrected chi connectivity index (χ0v) is 18.9. The maximum Gasteiger partial charge on any atom is 0.241 e. The molecule has 3 heterocycles. The van der Waals surface area contributed by atoms with Crippen LogP contribution in [0.3, 0.4) is 0 Å². The lowest BCUT2D eigenvalue weighted by Gasteiger charge is -2.31. The summed E-state index contributed by atoms with van der Waals surface area (Å²) in [7, 11) is 0. The highest BCUT2D eigenvalue weighted by molar-refractivity contribution is 7.20. The van der Waals surface area contributed by atoms with E-state index in [-0.39, 0.29) is 17.6 Å². The van der Waals surface area contributed by atoms with Gasteiger partial charge in [0.25, 0.3) is 0 Å². The Hall–Kier alpha value is -3.65. The summed E-state index contributed by atoms with van der Waals surface area (Å²) >= 11 is 1.39. The fourth-order valence-corrected chi connectivity index (χ4v) is 4.97. The van der Waals surface area contributed by atoms with Crippen LogP contribution in [0.5, 0.6) is 11.6 Å². The molecule has 2 aromatic carbocycles. The Morgan fingerprint density at radius 2 is 1.73 bits per heavy atom. The number of ether oxygens (including phenoxy) is 1. The van der Waals surface area contributed by atoms with E-state index in [0.717, 1.165) is 28.8 Å². The molecule has 0 spiro atoms. The van der Waals surface area contributed by atoms with Crippen molar-refractivity contribution in [2.24, 2.45) is 0 Å². The molecule has 4 aromatic rings. The normalized spacial score (nSPS) is 14.4. The molecule has 1 aliphatic heterocycles. The number of thiazole rings is 1. The standard InChI is InChI=1S/C25H22N4O3S/c1-16(30)29-14-10-17(11-15-29)22-24(27-13-12-26-22)32-19-8-6-18(7-9-19)23(31)25-28-20-4-2-3-5-21(20)33-25/h2-9,12-13,17H,10-11,14-15H2,1H3. The minimum atomic E-state index is -0.111. The second-order valence-corrected chi connectivity index (χ2v) is 9.00. The van der Waals surface area contributed by atoms with E-state index in [2.05, 4.69) is 15.0 Å². The summed E-state index contributed by atoms with van der Waals surface area (Å²) in [6.07, 6.45) is 4.92. The number of carbonyl (C=O) groups excluding carboxylic acids is 2. The van der Waals surface area contributed by atoms with Gasteiger partial charge in [-0.1, -0.05) is 12.1 Å². The Balaban J connectivity index is 1.31. The van der Waals surface area contributed by atoms with E-state index in [1.54, 1.807) is 43.6 Å². The van der Waals surface area contributed by atoms with Gasteiger partial charge in [-0.2, -0.15) is 0 Å². The topological polar surface area (TPSA) is 85.3 Å². The van der Waals surface area contributed by atoms with Crippen molar-refractivity contribution in [1.29, 1.82) is 0 Å². The smallest absolute Gasteiger partial charge is 0.241 e. The van der Waals surface area contributed by atoms with Crippen LogP contribution in [0, 0.1) is 0 Å². The number of hydrogen-bond acceptors (Lipinski definition) is 7. The van der Waals surface area contributed by atoms with Crippen molar-refractivity contribution in [2.45, 2.75) is 25.7 Å². The maximum atomic E-state index is 12.9. The van der Waals surface area contributed by atoms with E-state index in [1.165, 1.54) is 11.3 Å². The first-order valence-electron chi connectivity index (χ1n) is 10.8. The van der Waals surface area contributed by atoms with Gasteiger partial charge in [-0.25, -0.2) is 9.97 Å². The van der Waals surface area contributed by atoms with Crippen LogP contribution < -0.4 is 4.74 Å². The second kappa shape index (κ2) is 9.07. The Labute approximate surface area is 195 Å². The van der Waals surface area contributed by atoms with Gasteiger partial charge in [0.05, 0.1) is 10.2 Å². The summed E-state index contributed by atoms with van der Waals surface area (Å²) in [6.45, 7) is 3.01. The van der Waals surface area contributed by atoms with E-state index in [1.807, 2.05) is 29.2 Å². The summed E-state index contributed by atoms with van der Waals surface area (Å²) in [5, 5.41) is 0.470. The molecular formula is C25H22N4O3S. The number of ketones is 1. The van der Waals surface area contributed by atoms with Crippen molar-refractivity contribution in [1.82, 2.24) is 19.9 Å². The predicted molar refractivity (Wildman–Crippen MR) is 126 cm³/mol. The van der Waals surface area contributed by atoms with Gasteiger partial charge in [-0.15, -0.1) is 11.3 Å². The Morgan fingerprint density at radius 1 is 1.00 bits per heavy atom. The molecule has 0 N–H and O–H groups in total. The number of nitrogens with zero attached hydrogens (tertiary/aromatic N) is 4. The first-order valence-corrected chi connectivity index (χ1v) is 11.6. The molecule has 166 valence electrons. The van der Waals surface area contributed by atoms with Crippen LogP contribution in [-0.2, 0) is 4.79 Å². The Morgan fingerprint density at radius 3 is 2.45 bits per heavy atom. The molecule has 2 aromatic heterocycles. The van der Waals surface area contributed by atoms with Crippen molar-refractivity contribution >= 4 is 33.2 Å². The molecule has 1 aliphatic rings. The zero-order chi connectivity index (χ0) is 22.8. The molecule has 0 aliphatic carbocycles. The third kappa shape index (κ3) is 4.47. The van der Waals surface area contributed by atoms with Crippen molar-refractivity contribution in [3.8, 4) is 11.6 Å². The number of fused-ring (bicyclic) bond motifs is 1. The first kappa shape index (κ1) is 21.2. The van der Waals surface area contributed by atoms with Crippen LogP contribution in [0.1, 0.15) is 46.7 Å². The Kier molecular flexibility index (Phi) is 5.83. The van der Waals surface area contributed by atoms with Gasteiger partial charge < -0.3 is 9.64 Å². The van der Waals surface area contributed by atoms with Crippen LogP contribution in [0.2, 0.25) is 0 Å². The van der Waals surface area contributed by atoms with Crippen molar-refractivity contribution < 1.29 is 14.3 Å². The molecule has 1 amide bonds. The lowest BCUT2D eigenvalue weighted by molar-refractivity contribution is -0.129. The molecule has 33 heavy (non-hydrogen) atoms. The SMILES string of the molecule is CC(=O)N1CCC(c2nccnc2Oc2ccc(C(=O)c3nc4ccccc4s3)cc2)CC1. The van der Waals surface area contributed by atoms with Crippen molar-refractivity contribution in [2.75, 3.05) is 13.1 Å². The summed E-state index contributed by atoms with van der Waals surface area (Å²) in [6, 6.07) is 14.7. The third-order valence-corrected chi connectivity index (χ3v) is 6.87. The minimum absolute atomic E-state index is 0.101. The average molecular weight is 459 g/mol. The van der Waals surface area contributed by atoms with Crippen LogP contribution in [0.15, 0.2) is 60.9 Å². The number of benzene rings is 2. The van der Waals surface area contributed by atoms with E-state index in [0.29, 0.717) is 35.3 Å². The van der Waals surface area contributed by atoms with Crippen LogP contribution in [-0.4, -0.2) is 44.6 Å². The Bertz CT molecular complexity index is 1280. The van der Waals surface area contributed by atoms with Gasteiger partial charge in [-0.3, -0.25) is 14.6 Å². The third-order valence-electron chi connectivity index (χ3n) is 5.84. The van der Waals surface area contributed by atoms with Crippen molar-refractivity contribution in [3.05, 3.63) is 77.2 Å². The quantitative estimate of drug-likeness (QED) is 0.398. The number of piperidine rings is 1. The average Bonchev–Trinajstić information content (AvgIpc) is 3.29. The second-order valence-electron chi connectivity index (χ2n) is 7.97. The summed E-state index contributed by atoms with van der Waals surface area (Å²) in [5.74, 6) is 1.22. The van der Waals surface area contributed by atoms with Gasteiger partial charge in [0, 0.05) is 43.9 Å². The number of aromatic nitrogens is 3. The fraction of sp³-hybridized carbons (Fsp3) is 0.240. The number of amides is 1. The van der Waals surface area contributed by atoms with Crippen molar-refractivity contribution in [3.63, 3.8) is 0 Å². The lowest BCUT2D eigenvalue weighted by Crippen LogP contribution is -2.36. The van der Waals surface area contributed by atoms with E-state index >= 15 is 0 Å². The molecular weight excluding hydrogens is 436 g/mol. The summed E-state index contributed by atoms with van der Waals surface area (Å²) < 4.78 is 7.04. The largest absolute Gasteiger partial charge is 0.437 e. The van der Waals surface area contributed by atoms with Gasteiger partial charge in [0.2, 0.25) is 17.6 Å². The summed E-state index contributed by atoms with van der Waals surface area (Å²) in [5.41, 5.74) is 2.18. The van der Waals surface area contributed by atoms with E-state index < -0.39 is 0 Å². The molecule has 0 radical (unpaired) electrons. The molecule has 0 atom stereocenters. The number of rotatable bonds is 5. The molecule has 5 rings (SSSR count). The molecule has 1 saturated heterocycles. The molecule has 0 bridgehead atoms. The molecule has 0 unspecified atom stereocenters. The number of carbonyl (C=O) groups is 2. The van der Waals surface area contributed by atoms with Gasteiger partial charge in [-0.05, 0) is 49.2 Å². The minimum Gasteiger partial charge on any atom is -0.437 e. The van der Waals surface area contributed by atoms with Crippen LogP contribution in [0.4, 0.5) is 0 Å². The molecule has 7 nitrogen and oxygen atoms in total. The molecule has 1 fully saturated rings. The van der Waals surface area contributed by atoms with Crippen LogP contribution >= 0.6 is 11.3 Å². The number of para-hydroxylation sites is 1. The van der Waals surface area contributed by atoms with E-state index in [9.17, 15) is 9.59 Å². The monoisotopic (exact) mass is 458 g/mol. The number of likely N-dealkylation sites (tertiary alicyclic amines) is 1. The predicted octanol–water partition coefficient (Wildman–Crippen LogP) is 4.84. The van der Waals surface area contributed by atoms with E-state index in [4.69, 9.17) is 4.74 Å². The lowest BCUT2D eigenvalue weighted by atomic mass is 9.93. The highest BCUT2D eigenvalue weighted by Crippen LogP contribution is 2.33. The maximum absolute atomic E-state index is 12.9. The van der Waals surface area contributed by atoms with Gasteiger partial charge >= 0.3 is 0 Å². The summed E-state index contributed by atoms with van der Waals surface area (Å²) in [4.78, 5) is 39.7. The highest BCUT2D eigenvalue weighted by Gasteiger charge is 2.26. The van der Waals surface area contributed by atoms with Crippen LogP contribution in [0.25, 0.3) is 10.2 Å². The highest BCUT2D eigenvalue weighted by atomic mass is 32.1. The molecule has 0 saturated carbocycles. The first-order chi connectivity index (χ1) is 16.1. The van der Waals surface area contributed by atoms with Gasteiger partial charge in [0.1, 0.15) is 11.4 Å². The fourth-order valence-electron chi connectivity index (χ4n) is 4.04. The zero-order valence-electron chi connectivity index (χ0n) is 18.1. The van der Waals surface area contributed by atoms with Gasteiger partial charge in [0.15, 0.2) is 5.01 Å². The number of hydrogen-bond donors (Lipinski definition) is 0.